The van der Waals surface area contributed by atoms with E-state index >= 15 is 0 Å². The van der Waals surface area contributed by atoms with Crippen LogP contribution >= 0.6 is 11.6 Å². The lowest BCUT2D eigenvalue weighted by Crippen LogP contribution is -2.03. The van der Waals surface area contributed by atoms with E-state index in [9.17, 15) is 0 Å². The second-order valence-electron chi connectivity index (χ2n) is 3.46. The molecule has 0 aromatic carbocycles. The third-order valence-electron chi connectivity index (χ3n) is 2.19. The van der Waals surface area contributed by atoms with Crippen LogP contribution in [0.15, 0.2) is 6.20 Å². The fourth-order valence-electron chi connectivity index (χ4n) is 1.19. The Labute approximate surface area is 87.4 Å². The van der Waals surface area contributed by atoms with Crippen LogP contribution in [0.3, 0.4) is 0 Å². The molecule has 1 aromatic rings. The first-order chi connectivity index (χ1) is 6.75. The molecule has 0 bridgehead atoms. The normalized spacial score (nSPS) is 15.5. The van der Waals surface area contributed by atoms with Gasteiger partial charge in [0.05, 0.1) is 12.8 Å². The minimum atomic E-state index is 0.191. The Balaban J connectivity index is 1.89. The first kappa shape index (κ1) is 9.52. The summed E-state index contributed by atoms with van der Waals surface area (Å²) in [5.74, 6) is 1.42. The molecule has 2 rings (SSSR count). The molecule has 0 amide bonds. The molecule has 0 saturated heterocycles. The van der Waals surface area contributed by atoms with Gasteiger partial charge in [0.25, 0.3) is 0 Å². The van der Waals surface area contributed by atoms with Crippen LogP contribution < -0.4 is 10.5 Å². The van der Waals surface area contributed by atoms with Gasteiger partial charge in [0.1, 0.15) is 5.02 Å². The van der Waals surface area contributed by atoms with E-state index in [1.165, 1.54) is 19.0 Å². The third kappa shape index (κ3) is 2.48. The summed E-state index contributed by atoms with van der Waals surface area (Å²) in [5, 5.41) is 0.412. The molecule has 0 aliphatic heterocycles. The number of hydrogen-bond donors (Lipinski definition) is 1. The molecule has 0 atom stereocenters. The lowest BCUT2D eigenvalue weighted by Gasteiger charge is -2.05. The molecule has 4 nitrogen and oxygen atoms in total. The maximum atomic E-state index is 5.82. The van der Waals surface area contributed by atoms with Crippen molar-refractivity contribution in [3.63, 3.8) is 0 Å². The topological polar surface area (TPSA) is 61.0 Å². The van der Waals surface area contributed by atoms with Gasteiger partial charge in [0.2, 0.25) is 11.8 Å². The maximum absolute atomic E-state index is 5.82. The average Bonchev–Trinajstić information content (AvgIpc) is 2.95. The molecule has 1 aromatic heterocycles. The molecule has 1 aliphatic rings. The molecule has 5 heteroatoms. The number of hydrogen-bond acceptors (Lipinski definition) is 4. The van der Waals surface area contributed by atoms with Crippen molar-refractivity contribution in [1.29, 1.82) is 0 Å². The Morgan fingerprint density at radius 3 is 3.07 bits per heavy atom. The fourth-order valence-corrected chi connectivity index (χ4v) is 1.34. The van der Waals surface area contributed by atoms with E-state index in [0.717, 1.165) is 12.3 Å². The van der Waals surface area contributed by atoms with Crippen molar-refractivity contribution in [2.24, 2.45) is 5.92 Å². The molecule has 76 valence electrons. The number of aromatic nitrogens is 2. The van der Waals surface area contributed by atoms with Crippen LogP contribution in [0, 0.1) is 5.92 Å². The van der Waals surface area contributed by atoms with Crippen molar-refractivity contribution < 1.29 is 4.74 Å². The van der Waals surface area contributed by atoms with Gasteiger partial charge in [0.15, 0.2) is 0 Å². The predicted octanol–water partition coefficient (Wildman–Crippen LogP) is 1.89. The van der Waals surface area contributed by atoms with Crippen LogP contribution in [0.4, 0.5) is 5.95 Å². The first-order valence-corrected chi connectivity index (χ1v) is 5.04. The van der Waals surface area contributed by atoms with Gasteiger partial charge in [-0.3, -0.25) is 0 Å². The molecule has 0 radical (unpaired) electrons. The van der Waals surface area contributed by atoms with Crippen molar-refractivity contribution in [2.75, 3.05) is 12.3 Å². The zero-order valence-electron chi connectivity index (χ0n) is 7.74. The summed E-state index contributed by atoms with van der Waals surface area (Å²) in [4.78, 5) is 7.65. The Hall–Kier alpha value is -1.03. The van der Waals surface area contributed by atoms with Gasteiger partial charge in [-0.15, -0.1) is 0 Å². The molecule has 1 fully saturated rings. The molecule has 1 aliphatic carbocycles. The van der Waals surface area contributed by atoms with E-state index in [1.54, 1.807) is 0 Å². The summed E-state index contributed by atoms with van der Waals surface area (Å²) >= 11 is 5.82. The Bertz CT molecular complexity index is 328. The Kier molecular flexibility index (Phi) is 2.72. The van der Waals surface area contributed by atoms with Crippen molar-refractivity contribution in [2.45, 2.75) is 19.3 Å². The van der Waals surface area contributed by atoms with Crippen LogP contribution in [0.2, 0.25) is 5.02 Å². The van der Waals surface area contributed by atoms with Crippen LogP contribution in [-0.2, 0) is 0 Å². The highest BCUT2D eigenvalue weighted by molar-refractivity contribution is 6.31. The van der Waals surface area contributed by atoms with Gasteiger partial charge in [0, 0.05) is 0 Å². The first-order valence-electron chi connectivity index (χ1n) is 4.66. The van der Waals surface area contributed by atoms with Gasteiger partial charge >= 0.3 is 0 Å². The Morgan fingerprint density at radius 2 is 2.36 bits per heavy atom. The predicted molar refractivity (Wildman–Crippen MR) is 54.3 cm³/mol. The van der Waals surface area contributed by atoms with Gasteiger partial charge in [-0.1, -0.05) is 24.4 Å². The minimum Gasteiger partial charge on any atom is -0.476 e. The number of anilines is 1. The van der Waals surface area contributed by atoms with Gasteiger partial charge < -0.3 is 10.5 Å². The van der Waals surface area contributed by atoms with Crippen molar-refractivity contribution in [1.82, 2.24) is 9.97 Å². The molecule has 1 saturated carbocycles. The van der Waals surface area contributed by atoms with Crippen molar-refractivity contribution in [3.05, 3.63) is 11.2 Å². The summed E-state index contributed by atoms with van der Waals surface area (Å²) < 4.78 is 5.41. The zero-order chi connectivity index (χ0) is 9.97. The summed E-state index contributed by atoms with van der Waals surface area (Å²) in [6.45, 7) is 0.654. The number of halogens is 1. The van der Waals surface area contributed by atoms with Crippen LogP contribution in [0.1, 0.15) is 19.3 Å². The molecular formula is C9H12ClN3O. The van der Waals surface area contributed by atoms with E-state index in [1.807, 2.05) is 0 Å². The molecule has 1 heterocycles. The number of nitrogens with zero attached hydrogens (tertiary/aromatic N) is 2. The van der Waals surface area contributed by atoms with E-state index in [-0.39, 0.29) is 5.95 Å². The molecule has 2 N–H and O–H groups in total. The quantitative estimate of drug-likeness (QED) is 0.830. The molecular weight excluding hydrogens is 202 g/mol. The molecule has 0 spiro atoms. The van der Waals surface area contributed by atoms with E-state index < -0.39 is 0 Å². The minimum absolute atomic E-state index is 0.191. The standard InChI is InChI=1S/C9H12ClN3O/c10-7-5-12-9(11)13-8(7)14-4-3-6-1-2-6/h5-6H,1-4H2,(H2,11,12,13). The second-order valence-corrected chi connectivity index (χ2v) is 3.87. The third-order valence-corrected chi connectivity index (χ3v) is 2.45. The number of ether oxygens (including phenoxy) is 1. The highest BCUT2D eigenvalue weighted by atomic mass is 35.5. The number of rotatable bonds is 4. The summed E-state index contributed by atoms with van der Waals surface area (Å²) in [6, 6.07) is 0. The van der Waals surface area contributed by atoms with E-state index in [2.05, 4.69) is 9.97 Å². The number of nitrogens with two attached hydrogens (primary N) is 1. The van der Waals surface area contributed by atoms with E-state index in [0.29, 0.717) is 17.5 Å². The van der Waals surface area contributed by atoms with Crippen molar-refractivity contribution in [3.8, 4) is 5.88 Å². The lowest BCUT2D eigenvalue weighted by molar-refractivity contribution is 0.291. The second kappa shape index (κ2) is 4.00. The Morgan fingerprint density at radius 1 is 1.57 bits per heavy atom. The van der Waals surface area contributed by atoms with Crippen LogP contribution in [0.25, 0.3) is 0 Å². The molecule has 0 unspecified atom stereocenters. The number of nitrogen functional groups attached to an aromatic ring is 1. The van der Waals surface area contributed by atoms with Gasteiger partial charge in [-0.05, 0) is 12.3 Å². The van der Waals surface area contributed by atoms with Gasteiger partial charge in [-0.25, -0.2) is 4.98 Å². The van der Waals surface area contributed by atoms with Crippen molar-refractivity contribution >= 4 is 17.5 Å². The highest BCUT2D eigenvalue weighted by Crippen LogP contribution is 2.32. The summed E-state index contributed by atoms with van der Waals surface area (Å²) in [5.41, 5.74) is 5.41. The monoisotopic (exact) mass is 213 g/mol. The fraction of sp³-hybridized carbons (Fsp3) is 0.556. The maximum Gasteiger partial charge on any atom is 0.237 e. The largest absolute Gasteiger partial charge is 0.476 e. The summed E-state index contributed by atoms with van der Waals surface area (Å²) in [7, 11) is 0. The van der Waals surface area contributed by atoms with E-state index in [4.69, 9.17) is 22.1 Å². The lowest BCUT2D eigenvalue weighted by atomic mass is 10.3. The highest BCUT2D eigenvalue weighted by Gasteiger charge is 2.21. The smallest absolute Gasteiger partial charge is 0.237 e. The van der Waals surface area contributed by atoms with Crippen LogP contribution in [-0.4, -0.2) is 16.6 Å². The average molecular weight is 214 g/mol. The van der Waals surface area contributed by atoms with Gasteiger partial charge in [-0.2, -0.15) is 4.98 Å². The zero-order valence-corrected chi connectivity index (χ0v) is 8.50. The molecule has 14 heavy (non-hydrogen) atoms. The van der Waals surface area contributed by atoms with Crippen LogP contribution in [0.5, 0.6) is 5.88 Å². The summed E-state index contributed by atoms with van der Waals surface area (Å²) in [6.07, 6.45) is 5.17. The SMILES string of the molecule is Nc1ncc(Cl)c(OCCC2CC2)n1.